The number of carbonyl (C=O) groups is 1. The molecule has 7 nitrogen and oxygen atoms in total. The third-order valence-corrected chi connectivity index (χ3v) is 6.61. The van der Waals surface area contributed by atoms with Gasteiger partial charge < -0.3 is 10.5 Å². The first-order valence-electron chi connectivity index (χ1n) is 9.93. The molecule has 0 saturated heterocycles. The number of anilines is 1. The van der Waals surface area contributed by atoms with Crippen LogP contribution in [-0.2, 0) is 32.6 Å². The first kappa shape index (κ1) is 25.1. The second kappa shape index (κ2) is 9.35. The molecule has 0 radical (unpaired) electrons. The van der Waals surface area contributed by atoms with E-state index in [-0.39, 0.29) is 23.6 Å². The Balaban J connectivity index is 2.00. The van der Waals surface area contributed by atoms with Gasteiger partial charge >= 0.3 is 6.18 Å². The van der Waals surface area contributed by atoms with E-state index in [1.807, 2.05) is 0 Å². The largest absolute Gasteiger partial charge is 0.433 e. The topological polar surface area (TPSA) is 106 Å². The number of alkyl halides is 3. The van der Waals surface area contributed by atoms with Crippen LogP contribution in [0.5, 0.6) is 0 Å². The van der Waals surface area contributed by atoms with E-state index >= 15 is 0 Å². The number of methoxy groups -OCH3 is 1. The zero-order valence-electron chi connectivity index (χ0n) is 17.8. The van der Waals surface area contributed by atoms with Gasteiger partial charge in [0.25, 0.3) is 11.3 Å². The van der Waals surface area contributed by atoms with Crippen molar-refractivity contribution in [1.29, 1.82) is 0 Å². The predicted molar refractivity (Wildman–Crippen MR) is 113 cm³/mol. The number of primary amides is 1. The van der Waals surface area contributed by atoms with E-state index in [1.54, 1.807) is 0 Å². The molecule has 3 unspecified atom stereocenters. The van der Waals surface area contributed by atoms with Crippen LogP contribution in [0.2, 0.25) is 0 Å². The lowest BCUT2D eigenvalue weighted by molar-refractivity contribution is -0.141. The molecule has 3 rings (SSSR count). The number of pyridine rings is 1. The standard InChI is InChI=1S/C21H23F4N3O4S/c1-28(33(30)31)17-7-3-12(9-16(17)22)15(19(26)29)10-20(32-2,13-4-5-13)14-6-8-18(27-11-14)21(23,24)25/h3,6-9,11,13,15H,4-5,10H2,1-2H3,(H2,26,29)(H,30,31). The van der Waals surface area contributed by atoms with E-state index in [0.29, 0.717) is 5.56 Å². The summed E-state index contributed by atoms with van der Waals surface area (Å²) in [6.45, 7) is 0. The number of aromatic nitrogens is 1. The minimum Gasteiger partial charge on any atom is -0.373 e. The molecule has 0 spiro atoms. The molecule has 1 fully saturated rings. The molecule has 2 aromatic rings. The van der Waals surface area contributed by atoms with Gasteiger partial charge in [0, 0.05) is 25.9 Å². The SMILES string of the molecule is COC(CC(C(N)=O)c1ccc(N(C)S(=O)O)c(F)c1)(c1ccc(C(F)(F)F)nc1)C1CC1. The Morgan fingerprint density at radius 2 is 2.00 bits per heavy atom. The first-order chi connectivity index (χ1) is 15.4. The van der Waals surface area contributed by atoms with Gasteiger partial charge in [-0.15, -0.1) is 0 Å². The summed E-state index contributed by atoms with van der Waals surface area (Å²) in [5, 5.41) is 0. The van der Waals surface area contributed by atoms with Crippen molar-refractivity contribution in [2.75, 3.05) is 18.5 Å². The molecule has 0 aliphatic heterocycles. The van der Waals surface area contributed by atoms with Crippen molar-refractivity contribution in [2.45, 2.75) is 37.0 Å². The molecule has 3 atom stereocenters. The van der Waals surface area contributed by atoms with E-state index in [9.17, 15) is 31.1 Å². The number of benzene rings is 1. The molecule has 3 N–H and O–H groups in total. The van der Waals surface area contributed by atoms with Gasteiger partial charge in [0.2, 0.25) is 5.91 Å². The third kappa shape index (κ3) is 5.17. The predicted octanol–water partition coefficient (Wildman–Crippen LogP) is 3.72. The Morgan fingerprint density at radius 3 is 2.42 bits per heavy atom. The number of halogens is 4. The molecule has 1 aromatic carbocycles. The summed E-state index contributed by atoms with van der Waals surface area (Å²) in [5.74, 6) is -2.74. The van der Waals surface area contributed by atoms with Crippen molar-refractivity contribution in [3.05, 3.63) is 59.2 Å². The normalized spacial score (nSPS) is 17.8. The van der Waals surface area contributed by atoms with Crippen LogP contribution in [0.1, 0.15) is 42.0 Å². The highest BCUT2D eigenvalue weighted by Gasteiger charge is 2.49. The fraction of sp³-hybridized carbons (Fsp3) is 0.429. The average molecular weight is 489 g/mol. The van der Waals surface area contributed by atoms with Gasteiger partial charge in [0.1, 0.15) is 11.5 Å². The monoisotopic (exact) mass is 489 g/mol. The first-order valence-corrected chi connectivity index (χ1v) is 11.0. The van der Waals surface area contributed by atoms with Crippen molar-refractivity contribution in [3.63, 3.8) is 0 Å². The maximum Gasteiger partial charge on any atom is 0.433 e. The highest BCUT2D eigenvalue weighted by Crippen LogP contribution is 2.52. The molecule has 33 heavy (non-hydrogen) atoms. The molecule has 0 bridgehead atoms. The smallest absolute Gasteiger partial charge is 0.373 e. The quantitative estimate of drug-likeness (QED) is 0.413. The van der Waals surface area contributed by atoms with Gasteiger partial charge in [-0.2, -0.15) is 13.2 Å². The summed E-state index contributed by atoms with van der Waals surface area (Å²) in [4.78, 5) is 15.9. The lowest BCUT2D eigenvalue weighted by Gasteiger charge is -2.36. The molecular weight excluding hydrogens is 466 g/mol. The molecule has 1 heterocycles. The van der Waals surface area contributed by atoms with Gasteiger partial charge in [-0.05, 0) is 48.9 Å². The number of hydrogen-bond donors (Lipinski definition) is 2. The molecule has 12 heteroatoms. The summed E-state index contributed by atoms with van der Waals surface area (Å²) in [6, 6.07) is 5.83. The number of nitrogens with two attached hydrogens (primary N) is 1. The summed E-state index contributed by atoms with van der Waals surface area (Å²) < 4.78 is 80.5. The molecule has 1 aliphatic carbocycles. The van der Waals surface area contributed by atoms with Gasteiger partial charge in [-0.3, -0.25) is 18.6 Å². The highest BCUT2D eigenvalue weighted by molar-refractivity contribution is 7.80. The fourth-order valence-corrected chi connectivity index (χ4v) is 4.33. The van der Waals surface area contributed by atoms with Crippen molar-refractivity contribution >= 4 is 22.9 Å². The fourth-order valence-electron chi connectivity index (χ4n) is 4.01. The minimum absolute atomic E-state index is 0.0445. The summed E-state index contributed by atoms with van der Waals surface area (Å²) >= 11 is -2.45. The molecule has 1 aromatic heterocycles. The number of hydrogen-bond acceptors (Lipinski definition) is 4. The second-order valence-electron chi connectivity index (χ2n) is 7.90. The Morgan fingerprint density at radius 1 is 1.33 bits per heavy atom. The van der Waals surface area contributed by atoms with Gasteiger partial charge in [0.15, 0.2) is 0 Å². The maximum atomic E-state index is 14.7. The van der Waals surface area contributed by atoms with E-state index in [2.05, 4.69) is 4.98 Å². The van der Waals surface area contributed by atoms with Crippen LogP contribution in [0.15, 0.2) is 36.5 Å². The maximum absolute atomic E-state index is 14.7. The number of ether oxygens (including phenoxy) is 1. The van der Waals surface area contributed by atoms with E-state index in [4.69, 9.17) is 10.5 Å². The van der Waals surface area contributed by atoms with Crippen LogP contribution in [-0.4, -0.2) is 33.8 Å². The van der Waals surface area contributed by atoms with Crippen molar-refractivity contribution in [2.24, 2.45) is 11.7 Å². The van der Waals surface area contributed by atoms with Crippen LogP contribution in [0.25, 0.3) is 0 Å². The molecule has 1 saturated carbocycles. The highest BCUT2D eigenvalue weighted by atomic mass is 32.2. The van der Waals surface area contributed by atoms with E-state index < -0.39 is 46.4 Å². The second-order valence-corrected chi connectivity index (χ2v) is 8.91. The van der Waals surface area contributed by atoms with E-state index in [0.717, 1.165) is 35.5 Å². The lowest BCUT2D eigenvalue weighted by atomic mass is 9.78. The van der Waals surface area contributed by atoms with Crippen molar-refractivity contribution < 1.29 is 35.9 Å². The Labute approximate surface area is 190 Å². The lowest BCUT2D eigenvalue weighted by Crippen LogP contribution is -2.37. The van der Waals surface area contributed by atoms with Crippen LogP contribution in [0.4, 0.5) is 23.2 Å². The van der Waals surface area contributed by atoms with Crippen LogP contribution < -0.4 is 10.0 Å². The molecule has 1 aliphatic rings. The van der Waals surface area contributed by atoms with Crippen molar-refractivity contribution in [1.82, 2.24) is 4.98 Å². The summed E-state index contributed by atoms with van der Waals surface area (Å²) in [7, 11) is 2.61. The van der Waals surface area contributed by atoms with Crippen LogP contribution >= 0.6 is 0 Å². The van der Waals surface area contributed by atoms with Gasteiger partial charge in [-0.1, -0.05) is 12.1 Å². The Kier molecular flexibility index (Phi) is 7.10. The van der Waals surface area contributed by atoms with E-state index in [1.165, 1.54) is 32.4 Å². The third-order valence-electron chi connectivity index (χ3n) is 5.94. The molecule has 1 amide bonds. The average Bonchev–Trinajstić information content (AvgIpc) is 3.59. The zero-order chi connectivity index (χ0) is 24.6. The summed E-state index contributed by atoms with van der Waals surface area (Å²) in [5.41, 5.74) is 3.83. The Hall–Kier alpha value is -2.57. The Bertz CT molecular complexity index is 1050. The molecular formula is C21H23F4N3O4S. The van der Waals surface area contributed by atoms with Crippen LogP contribution in [0, 0.1) is 11.7 Å². The van der Waals surface area contributed by atoms with Gasteiger partial charge in [-0.25, -0.2) is 8.60 Å². The summed E-state index contributed by atoms with van der Waals surface area (Å²) in [6.07, 6.45) is -2.12. The van der Waals surface area contributed by atoms with Gasteiger partial charge in [0.05, 0.1) is 17.2 Å². The number of nitrogens with zero attached hydrogens (tertiary/aromatic N) is 2. The number of amides is 1. The van der Waals surface area contributed by atoms with Crippen LogP contribution in [0.3, 0.4) is 0 Å². The number of rotatable bonds is 9. The number of carbonyl (C=O) groups excluding carboxylic acids is 1. The zero-order valence-corrected chi connectivity index (χ0v) is 18.6. The van der Waals surface area contributed by atoms with Crippen molar-refractivity contribution in [3.8, 4) is 0 Å². The minimum atomic E-state index is -4.60. The molecule has 180 valence electrons.